The predicted molar refractivity (Wildman–Crippen MR) is 98.7 cm³/mol. The zero-order valence-electron chi connectivity index (χ0n) is 13.3. The maximum Gasteiger partial charge on any atom is 0.208 e. The highest BCUT2D eigenvalue weighted by molar-refractivity contribution is 7.99. The SMILES string of the molecule is O=C(CSc1cc(-c2ccccc2)ncn1)c1cc2ccccc2o1. The molecule has 0 radical (unpaired) electrons. The summed E-state index contributed by atoms with van der Waals surface area (Å²) in [6.07, 6.45) is 1.52. The molecule has 0 unspecified atom stereocenters. The fraction of sp³-hybridized carbons (Fsp3) is 0.0500. The summed E-state index contributed by atoms with van der Waals surface area (Å²) in [5, 5.41) is 1.70. The summed E-state index contributed by atoms with van der Waals surface area (Å²) in [7, 11) is 0. The minimum Gasteiger partial charge on any atom is -0.453 e. The Labute approximate surface area is 148 Å². The second kappa shape index (κ2) is 6.91. The number of nitrogens with zero attached hydrogens (tertiary/aromatic N) is 2. The average molecular weight is 346 g/mol. The van der Waals surface area contributed by atoms with Gasteiger partial charge in [0.15, 0.2) is 5.76 Å². The number of aromatic nitrogens is 2. The number of furan rings is 1. The summed E-state index contributed by atoms with van der Waals surface area (Å²) in [6, 6.07) is 21.2. The average Bonchev–Trinajstić information content (AvgIpc) is 3.11. The van der Waals surface area contributed by atoms with Crippen LogP contribution in [0.5, 0.6) is 0 Å². The van der Waals surface area contributed by atoms with Gasteiger partial charge in [-0.25, -0.2) is 9.97 Å². The Balaban J connectivity index is 1.48. The van der Waals surface area contributed by atoms with E-state index in [2.05, 4.69) is 9.97 Å². The first kappa shape index (κ1) is 15.6. The third-order valence-electron chi connectivity index (χ3n) is 3.76. The highest BCUT2D eigenvalue weighted by Gasteiger charge is 2.13. The molecule has 0 aliphatic carbocycles. The summed E-state index contributed by atoms with van der Waals surface area (Å²) in [5.74, 6) is 0.595. The van der Waals surface area contributed by atoms with Gasteiger partial charge in [0.05, 0.1) is 11.4 Å². The van der Waals surface area contributed by atoms with Crippen LogP contribution in [0.4, 0.5) is 0 Å². The van der Waals surface area contributed by atoms with Gasteiger partial charge < -0.3 is 4.42 Å². The normalized spacial score (nSPS) is 10.9. The molecule has 0 bridgehead atoms. The molecule has 0 aliphatic rings. The maximum absolute atomic E-state index is 12.4. The fourth-order valence-electron chi connectivity index (χ4n) is 2.52. The molecule has 2 aromatic carbocycles. The Morgan fingerprint density at radius 2 is 1.76 bits per heavy atom. The number of rotatable bonds is 5. The molecule has 25 heavy (non-hydrogen) atoms. The number of fused-ring (bicyclic) bond motifs is 1. The van der Waals surface area contributed by atoms with Crippen LogP contribution in [0.15, 0.2) is 82.5 Å². The van der Waals surface area contributed by atoms with Crippen LogP contribution in [-0.4, -0.2) is 21.5 Å². The molecule has 0 fully saturated rings. The summed E-state index contributed by atoms with van der Waals surface area (Å²) in [5.41, 5.74) is 2.59. The number of para-hydroxylation sites is 1. The Bertz CT molecular complexity index is 995. The molecule has 0 atom stereocenters. The van der Waals surface area contributed by atoms with Gasteiger partial charge in [-0.2, -0.15) is 0 Å². The third kappa shape index (κ3) is 3.46. The van der Waals surface area contributed by atoms with E-state index in [0.717, 1.165) is 27.3 Å². The molecule has 4 aromatic rings. The number of thioether (sulfide) groups is 1. The molecular weight excluding hydrogens is 332 g/mol. The fourth-order valence-corrected chi connectivity index (χ4v) is 3.25. The van der Waals surface area contributed by atoms with Gasteiger partial charge in [-0.15, -0.1) is 0 Å². The molecule has 0 saturated heterocycles. The van der Waals surface area contributed by atoms with Crippen LogP contribution in [0.1, 0.15) is 10.6 Å². The number of ketones is 1. The third-order valence-corrected chi connectivity index (χ3v) is 4.69. The van der Waals surface area contributed by atoms with E-state index in [0.29, 0.717) is 5.76 Å². The first-order chi connectivity index (χ1) is 12.3. The van der Waals surface area contributed by atoms with Gasteiger partial charge in [-0.05, 0) is 18.2 Å². The molecule has 122 valence electrons. The predicted octanol–water partition coefficient (Wildman–Crippen LogP) is 4.86. The Hall–Kier alpha value is -2.92. The topological polar surface area (TPSA) is 56.0 Å². The van der Waals surface area contributed by atoms with Gasteiger partial charge in [-0.3, -0.25) is 4.79 Å². The van der Waals surface area contributed by atoms with Gasteiger partial charge in [0, 0.05) is 10.9 Å². The van der Waals surface area contributed by atoms with Crippen molar-refractivity contribution < 1.29 is 9.21 Å². The second-order valence-corrected chi connectivity index (χ2v) is 6.46. The summed E-state index contributed by atoms with van der Waals surface area (Å²) < 4.78 is 5.62. The molecule has 5 heteroatoms. The Morgan fingerprint density at radius 3 is 2.60 bits per heavy atom. The number of benzene rings is 2. The van der Waals surface area contributed by atoms with Crippen LogP contribution < -0.4 is 0 Å². The van der Waals surface area contributed by atoms with Gasteiger partial charge in [0.25, 0.3) is 0 Å². The number of hydrogen-bond donors (Lipinski definition) is 0. The van der Waals surface area contributed by atoms with Crippen molar-refractivity contribution in [1.82, 2.24) is 9.97 Å². The molecular formula is C20H14N2O2S. The minimum absolute atomic E-state index is 0.0546. The van der Waals surface area contributed by atoms with Crippen LogP contribution in [-0.2, 0) is 0 Å². The van der Waals surface area contributed by atoms with Crippen LogP contribution in [0, 0.1) is 0 Å². The standard InChI is InChI=1S/C20H14N2O2S/c23-17(19-10-15-8-4-5-9-18(15)24-19)12-25-20-11-16(21-13-22-20)14-6-2-1-3-7-14/h1-11,13H,12H2. The summed E-state index contributed by atoms with van der Waals surface area (Å²) >= 11 is 1.38. The molecule has 0 spiro atoms. The minimum atomic E-state index is -0.0546. The van der Waals surface area contributed by atoms with Crippen molar-refractivity contribution in [2.24, 2.45) is 0 Å². The van der Waals surface area contributed by atoms with Gasteiger partial charge >= 0.3 is 0 Å². The summed E-state index contributed by atoms with van der Waals surface area (Å²) in [6.45, 7) is 0. The molecule has 0 N–H and O–H groups in total. The largest absolute Gasteiger partial charge is 0.453 e. The highest BCUT2D eigenvalue weighted by Crippen LogP contribution is 2.24. The van der Waals surface area contributed by atoms with Gasteiger partial charge in [-0.1, -0.05) is 60.3 Å². The van der Waals surface area contributed by atoms with E-state index in [1.807, 2.05) is 60.7 Å². The molecule has 2 aromatic heterocycles. The van der Waals surface area contributed by atoms with E-state index < -0.39 is 0 Å². The van der Waals surface area contributed by atoms with Crippen LogP contribution >= 0.6 is 11.8 Å². The molecule has 4 rings (SSSR count). The van der Waals surface area contributed by atoms with Crippen molar-refractivity contribution in [3.63, 3.8) is 0 Å². The lowest BCUT2D eigenvalue weighted by Crippen LogP contribution is -2.01. The van der Waals surface area contributed by atoms with E-state index in [1.165, 1.54) is 18.1 Å². The number of hydrogen-bond acceptors (Lipinski definition) is 5. The molecule has 0 saturated carbocycles. The quantitative estimate of drug-likeness (QED) is 0.293. The molecule has 2 heterocycles. The maximum atomic E-state index is 12.4. The van der Waals surface area contributed by atoms with Gasteiger partial charge in [0.2, 0.25) is 5.78 Å². The lowest BCUT2D eigenvalue weighted by molar-refractivity contribution is 0.0994. The van der Waals surface area contributed by atoms with Gasteiger partial charge in [0.1, 0.15) is 16.9 Å². The van der Waals surface area contributed by atoms with E-state index in [9.17, 15) is 4.79 Å². The number of carbonyl (C=O) groups excluding carboxylic acids is 1. The lowest BCUT2D eigenvalue weighted by atomic mass is 10.1. The van der Waals surface area contributed by atoms with Crippen molar-refractivity contribution in [2.45, 2.75) is 5.03 Å². The van der Waals surface area contributed by atoms with Crippen LogP contribution in [0.2, 0.25) is 0 Å². The van der Waals surface area contributed by atoms with Crippen molar-refractivity contribution in [2.75, 3.05) is 5.75 Å². The summed E-state index contributed by atoms with van der Waals surface area (Å²) in [4.78, 5) is 20.9. The van der Waals surface area contributed by atoms with Crippen molar-refractivity contribution in [1.29, 1.82) is 0 Å². The monoisotopic (exact) mass is 346 g/mol. The first-order valence-corrected chi connectivity index (χ1v) is 8.80. The smallest absolute Gasteiger partial charge is 0.208 e. The Morgan fingerprint density at radius 1 is 0.960 bits per heavy atom. The van der Waals surface area contributed by atoms with Crippen molar-refractivity contribution in [3.8, 4) is 11.3 Å². The van der Waals surface area contributed by atoms with E-state index in [4.69, 9.17) is 4.42 Å². The second-order valence-electron chi connectivity index (χ2n) is 5.47. The zero-order chi connectivity index (χ0) is 17.1. The van der Waals surface area contributed by atoms with Crippen LogP contribution in [0.25, 0.3) is 22.2 Å². The first-order valence-electron chi connectivity index (χ1n) is 7.82. The lowest BCUT2D eigenvalue weighted by Gasteiger charge is -2.03. The number of carbonyl (C=O) groups is 1. The van der Waals surface area contributed by atoms with E-state index in [1.54, 1.807) is 6.07 Å². The number of Topliss-reactive ketones (excluding diaryl/α,β-unsaturated/α-hetero) is 1. The highest BCUT2D eigenvalue weighted by atomic mass is 32.2. The molecule has 0 aliphatic heterocycles. The molecule has 0 amide bonds. The Kier molecular flexibility index (Phi) is 4.31. The van der Waals surface area contributed by atoms with Crippen molar-refractivity contribution >= 4 is 28.5 Å². The van der Waals surface area contributed by atoms with Crippen LogP contribution in [0.3, 0.4) is 0 Å². The molecule has 4 nitrogen and oxygen atoms in total. The van der Waals surface area contributed by atoms with E-state index in [-0.39, 0.29) is 11.5 Å². The zero-order valence-corrected chi connectivity index (χ0v) is 14.1. The van der Waals surface area contributed by atoms with Crippen molar-refractivity contribution in [3.05, 3.63) is 78.8 Å². The van der Waals surface area contributed by atoms with E-state index >= 15 is 0 Å².